The molecule has 0 aliphatic rings. The molecule has 0 fully saturated rings. The highest BCUT2D eigenvalue weighted by molar-refractivity contribution is 9.10. The topological polar surface area (TPSA) is 75.4 Å². The van der Waals surface area contributed by atoms with Crippen LogP contribution in [0.25, 0.3) is 0 Å². The van der Waals surface area contributed by atoms with Gasteiger partial charge in [0.25, 0.3) is 5.69 Å². The van der Waals surface area contributed by atoms with Crippen molar-refractivity contribution in [3.63, 3.8) is 0 Å². The van der Waals surface area contributed by atoms with E-state index in [0.29, 0.717) is 18.0 Å². The largest absolute Gasteiger partial charge is 0.396 e. The van der Waals surface area contributed by atoms with Crippen LogP contribution in [0.1, 0.15) is 18.9 Å². The van der Waals surface area contributed by atoms with E-state index in [9.17, 15) is 10.1 Å². The van der Waals surface area contributed by atoms with Crippen molar-refractivity contribution in [2.24, 2.45) is 5.92 Å². The summed E-state index contributed by atoms with van der Waals surface area (Å²) in [6.07, 6.45) is 0.730. The van der Waals surface area contributed by atoms with Crippen LogP contribution in [0.3, 0.4) is 0 Å². The molecule has 0 saturated heterocycles. The van der Waals surface area contributed by atoms with Gasteiger partial charge in [0.2, 0.25) is 0 Å². The fourth-order valence-electron chi connectivity index (χ4n) is 1.65. The van der Waals surface area contributed by atoms with Gasteiger partial charge in [0.05, 0.1) is 4.92 Å². The maximum Gasteiger partial charge on any atom is 0.273 e. The van der Waals surface area contributed by atoms with Crippen molar-refractivity contribution in [2.75, 3.05) is 13.2 Å². The molecule has 0 radical (unpaired) electrons. The quantitative estimate of drug-likeness (QED) is 0.598. The maximum atomic E-state index is 10.9. The molecule has 100 valence electrons. The zero-order valence-corrected chi connectivity index (χ0v) is 11.8. The minimum Gasteiger partial charge on any atom is -0.396 e. The standard InChI is InChI=1S/C12H17BrN2O3/c1-9(4-5-16)7-14-8-10-6-11(13)2-3-12(10)15(17)18/h2-3,6,9,14,16H,4-5,7-8H2,1H3. The molecule has 0 aromatic heterocycles. The summed E-state index contributed by atoms with van der Waals surface area (Å²) in [5, 5.41) is 22.8. The molecule has 0 heterocycles. The summed E-state index contributed by atoms with van der Waals surface area (Å²) < 4.78 is 0.827. The number of nitro groups is 1. The zero-order chi connectivity index (χ0) is 13.5. The van der Waals surface area contributed by atoms with Gasteiger partial charge in [0.15, 0.2) is 0 Å². The van der Waals surface area contributed by atoms with Gasteiger partial charge < -0.3 is 10.4 Å². The van der Waals surface area contributed by atoms with Crippen molar-refractivity contribution in [1.82, 2.24) is 5.32 Å². The molecule has 0 saturated carbocycles. The lowest BCUT2D eigenvalue weighted by Gasteiger charge is -2.11. The minimum absolute atomic E-state index is 0.125. The van der Waals surface area contributed by atoms with E-state index in [2.05, 4.69) is 21.2 Å². The molecule has 5 nitrogen and oxygen atoms in total. The second kappa shape index (κ2) is 7.45. The molecule has 1 aromatic carbocycles. The summed E-state index contributed by atoms with van der Waals surface area (Å²) in [6, 6.07) is 4.91. The number of hydrogen-bond acceptors (Lipinski definition) is 4. The summed E-state index contributed by atoms with van der Waals surface area (Å²) in [5.41, 5.74) is 0.783. The summed E-state index contributed by atoms with van der Waals surface area (Å²) in [6.45, 7) is 3.37. The Balaban J connectivity index is 2.60. The van der Waals surface area contributed by atoms with E-state index in [1.807, 2.05) is 6.92 Å². The van der Waals surface area contributed by atoms with Gasteiger partial charge in [-0.3, -0.25) is 10.1 Å². The number of benzene rings is 1. The number of rotatable bonds is 7. The third kappa shape index (κ3) is 4.72. The molecule has 18 heavy (non-hydrogen) atoms. The predicted octanol–water partition coefficient (Wildman–Crippen LogP) is 2.47. The van der Waals surface area contributed by atoms with Gasteiger partial charge >= 0.3 is 0 Å². The summed E-state index contributed by atoms with van der Waals surface area (Å²) in [4.78, 5) is 10.5. The molecule has 1 atom stereocenters. The van der Waals surface area contributed by atoms with Crippen molar-refractivity contribution in [1.29, 1.82) is 0 Å². The van der Waals surface area contributed by atoms with Crippen LogP contribution >= 0.6 is 15.9 Å². The Bertz CT molecular complexity index is 412. The number of hydrogen-bond donors (Lipinski definition) is 2. The van der Waals surface area contributed by atoms with E-state index in [0.717, 1.165) is 17.4 Å². The summed E-state index contributed by atoms with van der Waals surface area (Å²) in [7, 11) is 0. The summed E-state index contributed by atoms with van der Waals surface area (Å²) >= 11 is 3.31. The lowest BCUT2D eigenvalue weighted by Crippen LogP contribution is -2.21. The fraction of sp³-hybridized carbons (Fsp3) is 0.500. The van der Waals surface area contributed by atoms with E-state index >= 15 is 0 Å². The smallest absolute Gasteiger partial charge is 0.273 e. The number of nitro benzene ring substituents is 1. The van der Waals surface area contributed by atoms with Gasteiger partial charge in [-0.05, 0) is 31.0 Å². The fourth-order valence-corrected chi connectivity index (χ4v) is 2.06. The van der Waals surface area contributed by atoms with Crippen molar-refractivity contribution in [3.8, 4) is 0 Å². The van der Waals surface area contributed by atoms with Gasteiger partial charge in [-0.1, -0.05) is 22.9 Å². The second-order valence-corrected chi connectivity index (χ2v) is 5.19. The average molecular weight is 317 g/mol. The van der Waals surface area contributed by atoms with Crippen LogP contribution in [-0.4, -0.2) is 23.2 Å². The molecule has 1 rings (SSSR count). The summed E-state index contributed by atoms with van der Waals surface area (Å²) in [5.74, 6) is 0.348. The first kappa shape index (κ1) is 15.1. The number of aliphatic hydroxyl groups excluding tert-OH is 1. The van der Waals surface area contributed by atoms with Gasteiger partial charge in [0, 0.05) is 29.3 Å². The lowest BCUT2D eigenvalue weighted by atomic mass is 10.1. The molecule has 0 aliphatic carbocycles. The minimum atomic E-state index is -0.374. The van der Waals surface area contributed by atoms with Crippen LogP contribution in [0.2, 0.25) is 0 Å². The molecule has 0 aliphatic heterocycles. The van der Waals surface area contributed by atoms with Crippen molar-refractivity contribution in [3.05, 3.63) is 38.3 Å². The molecular formula is C12H17BrN2O3. The number of aliphatic hydroxyl groups is 1. The highest BCUT2D eigenvalue weighted by Crippen LogP contribution is 2.22. The molecule has 1 aromatic rings. The zero-order valence-electron chi connectivity index (χ0n) is 10.2. The first-order valence-corrected chi connectivity index (χ1v) is 6.58. The number of nitrogens with zero attached hydrogens (tertiary/aromatic N) is 1. The Morgan fingerprint density at radius 2 is 2.28 bits per heavy atom. The van der Waals surface area contributed by atoms with Gasteiger partial charge in [-0.25, -0.2) is 0 Å². The first-order valence-electron chi connectivity index (χ1n) is 5.79. The maximum absolute atomic E-state index is 10.9. The molecule has 0 amide bonds. The molecule has 2 N–H and O–H groups in total. The van der Waals surface area contributed by atoms with Crippen LogP contribution in [0.5, 0.6) is 0 Å². The van der Waals surface area contributed by atoms with Crippen molar-refractivity contribution < 1.29 is 10.0 Å². The van der Waals surface area contributed by atoms with E-state index in [-0.39, 0.29) is 17.2 Å². The molecule has 1 unspecified atom stereocenters. The Hall–Kier alpha value is -0.980. The molecule has 6 heteroatoms. The van der Waals surface area contributed by atoms with Crippen LogP contribution in [0, 0.1) is 16.0 Å². The van der Waals surface area contributed by atoms with Crippen molar-refractivity contribution in [2.45, 2.75) is 19.9 Å². The van der Waals surface area contributed by atoms with Crippen LogP contribution < -0.4 is 5.32 Å². The van der Waals surface area contributed by atoms with E-state index in [1.165, 1.54) is 6.07 Å². The Labute approximate surface area is 114 Å². The van der Waals surface area contributed by atoms with Gasteiger partial charge in [0.1, 0.15) is 0 Å². The Morgan fingerprint density at radius 1 is 1.56 bits per heavy atom. The highest BCUT2D eigenvalue weighted by Gasteiger charge is 2.13. The van der Waals surface area contributed by atoms with Gasteiger partial charge in [-0.15, -0.1) is 0 Å². The van der Waals surface area contributed by atoms with E-state index in [4.69, 9.17) is 5.11 Å². The highest BCUT2D eigenvalue weighted by atomic mass is 79.9. The van der Waals surface area contributed by atoms with Crippen molar-refractivity contribution >= 4 is 21.6 Å². The van der Waals surface area contributed by atoms with E-state index < -0.39 is 0 Å². The Kier molecular flexibility index (Phi) is 6.24. The SMILES string of the molecule is CC(CCO)CNCc1cc(Br)ccc1[N+](=O)[O-]. The molecular weight excluding hydrogens is 300 g/mol. The van der Waals surface area contributed by atoms with Crippen LogP contribution in [-0.2, 0) is 6.54 Å². The number of halogens is 1. The second-order valence-electron chi connectivity index (χ2n) is 4.28. The van der Waals surface area contributed by atoms with Crippen LogP contribution in [0.15, 0.2) is 22.7 Å². The normalized spacial score (nSPS) is 12.4. The monoisotopic (exact) mass is 316 g/mol. The van der Waals surface area contributed by atoms with Gasteiger partial charge in [-0.2, -0.15) is 0 Å². The van der Waals surface area contributed by atoms with E-state index in [1.54, 1.807) is 12.1 Å². The average Bonchev–Trinajstić information content (AvgIpc) is 2.29. The third-order valence-electron chi connectivity index (χ3n) is 2.67. The molecule has 0 spiro atoms. The number of nitrogens with one attached hydrogen (secondary N) is 1. The Morgan fingerprint density at radius 3 is 2.89 bits per heavy atom. The van der Waals surface area contributed by atoms with Crippen LogP contribution in [0.4, 0.5) is 5.69 Å². The third-order valence-corrected chi connectivity index (χ3v) is 3.16. The lowest BCUT2D eigenvalue weighted by molar-refractivity contribution is -0.385. The predicted molar refractivity (Wildman–Crippen MR) is 73.4 cm³/mol. The first-order chi connectivity index (χ1) is 8.54. The molecule has 0 bridgehead atoms.